The highest BCUT2D eigenvalue weighted by Crippen LogP contribution is 2.44. The molecule has 186 valence electrons. The van der Waals surface area contributed by atoms with E-state index in [-0.39, 0.29) is 30.9 Å². The van der Waals surface area contributed by atoms with Crippen LogP contribution < -0.4 is 5.32 Å². The smallest absolute Gasteiger partial charge is 0.407 e. The van der Waals surface area contributed by atoms with Crippen LogP contribution in [0.4, 0.5) is 4.79 Å². The van der Waals surface area contributed by atoms with Crippen molar-refractivity contribution in [3.63, 3.8) is 0 Å². The molecule has 8 nitrogen and oxygen atoms in total. The number of likely N-dealkylation sites (tertiary alicyclic amines) is 1. The maximum Gasteiger partial charge on any atom is 0.407 e. The number of methoxy groups -OCH3 is 1. The predicted octanol–water partition coefficient (Wildman–Crippen LogP) is 3.79. The summed E-state index contributed by atoms with van der Waals surface area (Å²) in [5.74, 6) is -1.17. The van der Waals surface area contributed by atoms with Gasteiger partial charge in [-0.1, -0.05) is 48.5 Å². The molecule has 2 atom stereocenters. The fourth-order valence-electron chi connectivity index (χ4n) is 5.19. The number of hydrogen-bond acceptors (Lipinski definition) is 5. The molecule has 1 aliphatic carbocycles. The summed E-state index contributed by atoms with van der Waals surface area (Å²) in [6.45, 7) is 1.02. The van der Waals surface area contributed by atoms with Gasteiger partial charge in [0.1, 0.15) is 12.6 Å². The van der Waals surface area contributed by atoms with Crippen LogP contribution in [0, 0.1) is 0 Å². The van der Waals surface area contributed by atoms with Crippen molar-refractivity contribution in [3.8, 4) is 11.1 Å². The molecule has 1 aliphatic heterocycles. The molecule has 8 heteroatoms. The van der Waals surface area contributed by atoms with Gasteiger partial charge in [-0.05, 0) is 41.5 Å². The van der Waals surface area contributed by atoms with E-state index in [0.717, 1.165) is 35.1 Å². The van der Waals surface area contributed by atoms with Crippen LogP contribution >= 0.6 is 0 Å². The van der Waals surface area contributed by atoms with Gasteiger partial charge in [0, 0.05) is 45.1 Å². The van der Waals surface area contributed by atoms with Crippen molar-refractivity contribution in [2.45, 2.75) is 50.1 Å². The Morgan fingerprint density at radius 2 is 1.74 bits per heavy atom. The highest BCUT2D eigenvalue weighted by molar-refractivity contribution is 5.86. The standard InChI is InChI=1S/C27H32N2O6/c1-34-16-14-24(26(32)29-15-6-7-18(29)12-13-25(30)31)28-27(33)35-17-23-21-10-4-2-8-19(21)20-9-3-5-11-22(20)23/h2-5,8-11,18,23-24H,6-7,12-17H2,1H3,(H,28,33)(H,30,31). The normalized spacial score (nSPS) is 17.5. The molecular weight excluding hydrogens is 448 g/mol. The number of benzene rings is 2. The molecule has 2 N–H and O–H groups in total. The third-order valence-corrected chi connectivity index (χ3v) is 6.90. The summed E-state index contributed by atoms with van der Waals surface area (Å²) in [6.07, 6.45) is 1.66. The highest BCUT2D eigenvalue weighted by atomic mass is 16.5. The fraction of sp³-hybridized carbons (Fsp3) is 0.444. The average molecular weight is 481 g/mol. The third-order valence-electron chi connectivity index (χ3n) is 6.90. The number of carboxylic acids is 1. The van der Waals surface area contributed by atoms with E-state index < -0.39 is 18.1 Å². The molecular formula is C27H32N2O6. The van der Waals surface area contributed by atoms with Crippen molar-refractivity contribution in [3.05, 3.63) is 59.7 Å². The molecule has 0 spiro atoms. The Kier molecular flexibility index (Phi) is 8.02. The van der Waals surface area contributed by atoms with Gasteiger partial charge in [0.25, 0.3) is 0 Å². The zero-order valence-electron chi connectivity index (χ0n) is 19.9. The maximum atomic E-state index is 13.3. The van der Waals surface area contributed by atoms with E-state index in [1.165, 1.54) is 0 Å². The summed E-state index contributed by atoms with van der Waals surface area (Å²) in [6, 6.07) is 15.3. The molecule has 0 bridgehead atoms. The lowest BCUT2D eigenvalue weighted by Gasteiger charge is -2.29. The van der Waals surface area contributed by atoms with Crippen LogP contribution in [0.2, 0.25) is 0 Å². The first kappa shape index (κ1) is 24.7. The third kappa shape index (κ3) is 5.65. The summed E-state index contributed by atoms with van der Waals surface area (Å²) in [7, 11) is 1.54. The van der Waals surface area contributed by atoms with Crippen molar-refractivity contribution < 1.29 is 29.0 Å². The summed E-state index contributed by atoms with van der Waals surface area (Å²) < 4.78 is 10.8. The molecule has 35 heavy (non-hydrogen) atoms. The minimum absolute atomic E-state index is 0.0109. The van der Waals surface area contributed by atoms with Crippen molar-refractivity contribution >= 4 is 18.0 Å². The maximum absolute atomic E-state index is 13.3. The number of rotatable bonds is 10. The molecule has 2 aliphatic rings. The molecule has 2 unspecified atom stereocenters. The molecule has 1 fully saturated rings. The number of nitrogens with zero attached hydrogens (tertiary/aromatic N) is 1. The molecule has 0 saturated carbocycles. The van der Waals surface area contributed by atoms with Gasteiger partial charge in [-0.3, -0.25) is 9.59 Å². The van der Waals surface area contributed by atoms with E-state index in [9.17, 15) is 14.4 Å². The minimum Gasteiger partial charge on any atom is -0.481 e. The summed E-state index contributed by atoms with van der Waals surface area (Å²) in [4.78, 5) is 38.8. The molecule has 2 aromatic carbocycles. The topological polar surface area (TPSA) is 105 Å². The van der Waals surface area contributed by atoms with Gasteiger partial charge in [0.15, 0.2) is 0 Å². The number of aliphatic carboxylic acids is 1. The zero-order chi connectivity index (χ0) is 24.8. The van der Waals surface area contributed by atoms with Crippen LogP contribution in [0.3, 0.4) is 0 Å². The Labute approximate surface area is 205 Å². The van der Waals surface area contributed by atoms with Crippen LogP contribution in [0.25, 0.3) is 11.1 Å². The second-order valence-corrected chi connectivity index (χ2v) is 9.06. The van der Waals surface area contributed by atoms with Crippen LogP contribution in [-0.2, 0) is 19.1 Å². The SMILES string of the molecule is COCCC(NC(=O)OCC1c2ccccc2-c2ccccc21)C(=O)N1CCCC1CCC(=O)O. The Hall–Kier alpha value is -3.39. The van der Waals surface area contributed by atoms with E-state index in [0.29, 0.717) is 26.0 Å². The van der Waals surface area contributed by atoms with Gasteiger partial charge in [-0.2, -0.15) is 0 Å². The summed E-state index contributed by atoms with van der Waals surface area (Å²) in [5, 5.41) is 11.8. The van der Waals surface area contributed by atoms with Crippen LogP contribution in [0.5, 0.6) is 0 Å². The number of fused-ring (bicyclic) bond motifs is 3. The van der Waals surface area contributed by atoms with Gasteiger partial charge in [-0.25, -0.2) is 4.79 Å². The fourth-order valence-corrected chi connectivity index (χ4v) is 5.19. The van der Waals surface area contributed by atoms with E-state index in [1.807, 2.05) is 24.3 Å². The number of carbonyl (C=O) groups is 3. The predicted molar refractivity (Wildman–Crippen MR) is 130 cm³/mol. The Balaban J connectivity index is 1.40. The molecule has 4 rings (SSSR count). The van der Waals surface area contributed by atoms with Crippen LogP contribution in [0.1, 0.15) is 49.1 Å². The molecule has 2 amide bonds. The Morgan fingerprint density at radius 1 is 1.09 bits per heavy atom. The van der Waals surface area contributed by atoms with Gasteiger partial charge in [-0.15, -0.1) is 0 Å². The van der Waals surface area contributed by atoms with Gasteiger partial charge in [0.05, 0.1) is 0 Å². The first-order valence-electron chi connectivity index (χ1n) is 12.1. The van der Waals surface area contributed by atoms with E-state index in [4.69, 9.17) is 14.6 Å². The van der Waals surface area contributed by atoms with Gasteiger partial charge in [0.2, 0.25) is 5.91 Å². The Morgan fingerprint density at radius 3 is 2.37 bits per heavy atom. The monoisotopic (exact) mass is 480 g/mol. The number of carbonyl (C=O) groups excluding carboxylic acids is 2. The molecule has 2 aromatic rings. The van der Waals surface area contributed by atoms with E-state index in [2.05, 4.69) is 29.6 Å². The number of alkyl carbamates (subject to hydrolysis) is 1. The van der Waals surface area contributed by atoms with Crippen LogP contribution in [-0.4, -0.2) is 66.9 Å². The molecule has 0 aromatic heterocycles. The first-order chi connectivity index (χ1) is 17.0. The van der Waals surface area contributed by atoms with Crippen molar-refractivity contribution in [1.82, 2.24) is 10.2 Å². The molecule has 0 radical (unpaired) electrons. The number of carboxylic acid groups (broad SMARTS) is 1. The number of hydrogen-bond donors (Lipinski definition) is 2. The second kappa shape index (κ2) is 11.4. The quantitative estimate of drug-likeness (QED) is 0.536. The van der Waals surface area contributed by atoms with Gasteiger partial charge < -0.3 is 24.8 Å². The molecule has 1 saturated heterocycles. The van der Waals surface area contributed by atoms with E-state index >= 15 is 0 Å². The van der Waals surface area contributed by atoms with Crippen molar-refractivity contribution in [1.29, 1.82) is 0 Å². The zero-order valence-corrected chi connectivity index (χ0v) is 19.9. The van der Waals surface area contributed by atoms with Crippen molar-refractivity contribution in [2.75, 3.05) is 26.9 Å². The Bertz CT molecular complexity index is 1030. The average Bonchev–Trinajstić information content (AvgIpc) is 3.46. The largest absolute Gasteiger partial charge is 0.481 e. The lowest BCUT2D eigenvalue weighted by Crippen LogP contribution is -2.50. The summed E-state index contributed by atoms with van der Waals surface area (Å²) in [5.41, 5.74) is 4.53. The lowest BCUT2D eigenvalue weighted by atomic mass is 9.98. The minimum atomic E-state index is -0.878. The second-order valence-electron chi connectivity index (χ2n) is 9.06. The number of nitrogens with one attached hydrogen (secondary N) is 1. The lowest BCUT2D eigenvalue weighted by molar-refractivity contribution is -0.139. The summed E-state index contributed by atoms with van der Waals surface area (Å²) >= 11 is 0. The van der Waals surface area contributed by atoms with Gasteiger partial charge >= 0.3 is 12.1 Å². The van der Waals surface area contributed by atoms with E-state index in [1.54, 1.807) is 12.0 Å². The highest BCUT2D eigenvalue weighted by Gasteiger charge is 2.35. The van der Waals surface area contributed by atoms with Crippen molar-refractivity contribution in [2.24, 2.45) is 0 Å². The molecule has 1 heterocycles. The number of amides is 2. The number of ether oxygens (including phenoxy) is 2. The first-order valence-corrected chi connectivity index (χ1v) is 12.1. The van der Waals surface area contributed by atoms with Crippen LogP contribution in [0.15, 0.2) is 48.5 Å².